The summed E-state index contributed by atoms with van der Waals surface area (Å²) >= 11 is 5.99. The molecule has 2 aromatic rings. The van der Waals surface area contributed by atoms with Crippen molar-refractivity contribution in [2.24, 2.45) is 5.92 Å². The number of aromatic nitrogens is 1. The second kappa shape index (κ2) is 8.66. The summed E-state index contributed by atoms with van der Waals surface area (Å²) in [5.41, 5.74) is 3.02. The second-order valence-electron chi connectivity index (χ2n) is 8.13. The monoisotopic (exact) mass is 411 g/mol. The molecule has 0 radical (unpaired) electrons. The lowest BCUT2D eigenvalue weighted by molar-refractivity contribution is 0.0519. The number of ketones is 1. The average molecular weight is 412 g/mol. The van der Waals surface area contributed by atoms with E-state index in [-0.39, 0.29) is 17.4 Å². The molecule has 29 heavy (non-hydrogen) atoms. The summed E-state index contributed by atoms with van der Waals surface area (Å²) in [5.74, 6) is 0.495. The number of hydrogen-bond donors (Lipinski definition) is 0. The van der Waals surface area contributed by atoms with Crippen molar-refractivity contribution in [1.29, 1.82) is 0 Å². The zero-order valence-electron chi connectivity index (χ0n) is 16.7. The van der Waals surface area contributed by atoms with Crippen LogP contribution in [0.2, 0.25) is 5.02 Å². The van der Waals surface area contributed by atoms with E-state index >= 15 is 0 Å². The van der Waals surface area contributed by atoms with E-state index < -0.39 is 5.97 Å². The first kappa shape index (κ1) is 20.1. The normalized spacial score (nSPS) is 21.6. The Morgan fingerprint density at radius 1 is 0.931 bits per heavy atom. The quantitative estimate of drug-likeness (QED) is 0.435. The van der Waals surface area contributed by atoms with Crippen LogP contribution in [0.15, 0.2) is 36.4 Å². The zero-order valence-corrected chi connectivity index (χ0v) is 17.5. The summed E-state index contributed by atoms with van der Waals surface area (Å²) in [6, 6.07) is 11.7. The van der Waals surface area contributed by atoms with Crippen LogP contribution in [0.4, 0.5) is 0 Å². The molecule has 0 unspecified atom stereocenters. The molecule has 2 aliphatic rings. The van der Waals surface area contributed by atoms with Crippen LogP contribution in [0.3, 0.4) is 0 Å². The van der Waals surface area contributed by atoms with Gasteiger partial charge in [0.25, 0.3) is 0 Å². The maximum atomic E-state index is 13.2. The Balaban J connectivity index is 1.48. The first-order valence-corrected chi connectivity index (χ1v) is 10.9. The number of carbonyl (C=O) groups excluding carboxylic acids is 2. The summed E-state index contributed by atoms with van der Waals surface area (Å²) in [6.45, 7) is 2.07. The summed E-state index contributed by atoms with van der Waals surface area (Å²) < 4.78 is 5.11. The van der Waals surface area contributed by atoms with E-state index in [1.165, 1.54) is 5.56 Å². The van der Waals surface area contributed by atoms with Crippen LogP contribution >= 0.6 is 11.6 Å². The van der Waals surface area contributed by atoms with E-state index in [4.69, 9.17) is 16.3 Å². The van der Waals surface area contributed by atoms with Gasteiger partial charge in [-0.15, -0.1) is 0 Å². The topological polar surface area (TPSA) is 56.3 Å². The summed E-state index contributed by atoms with van der Waals surface area (Å²) in [6.07, 6.45) is 5.85. The highest BCUT2D eigenvalue weighted by atomic mass is 35.5. The highest BCUT2D eigenvalue weighted by Crippen LogP contribution is 2.41. The van der Waals surface area contributed by atoms with Crippen LogP contribution in [-0.2, 0) is 4.74 Å². The fourth-order valence-electron chi connectivity index (χ4n) is 4.27. The molecule has 0 aliphatic heterocycles. The molecule has 0 N–H and O–H groups in total. The predicted molar refractivity (Wildman–Crippen MR) is 113 cm³/mol. The molecule has 152 valence electrons. The highest BCUT2D eigenvalue weighted by Gasteiger charge is 2.31. The van der Waals surface area contributed by atoms with E-state index in [0.29, 0.717) is 24.1 Å². The standard InChI is InChI=1S/C24H26ClNO3/c1-2-29-24(28)22-14-19(17-3-4-17)13-21(26-22)23(27)18-7-5-15(6-8-18)16-9-11-20(25)12-10-16/h9-15,17-18H,2-8H2,1H3. The third-order valence-corrected chi connectivity index (χ3v) is 6.32. The first-order valence-electron chi connectivity index (χ1n) is 10.5. The van der Waals surface area contributed by atoms with E-state index in [1.54, 1.807) is 13.0 Å². The zero-order chi connectivity index (χ0) is 20.4. The molecule has 2 saturated carbocycles. The lowest BCUT2D eigenvalue weighted by atomic mass is 9.76. The second-order valence-corrected chi connectivity index (χ2v) is 8.57. The number of rotatable bonds is 6. The number of halogens is 1. The van der Waals surface area contributed by atoms with Crippen molar-refractivity contribution in [2.75, 3.05) is 6.61 Å². The Bertz CT molecular complexity index is 897. The minimum atomic E-state index is -0.449. The molecule has 1 aromatic carbocycles. The summed E-state index contributed by atoms with van der Waals surface area (Å²) in [7, 11) is 0. The van der Waals surface area contributed by atoms with Crippen molar-refractivity contribution >= 4 is 23.4 Å². The van der Waals surface area contributed by atoms with Crippen molar-refractivity contribution in [1.82, 2.24) is 4.98 Å². The van der Waals surface area contributed by atoms with Gasteiger partial charge in [0.2, 0.25) is 0 Å². The van der Waals surface area contributed by atoms with Gasteiger partial charge >= 0.3 is 5.97 Å². The van der Waals surface area contributed by atoms with Crippen molar-refractivity contribution < 1.29 is 14.3 Å². The van der Waals surface area contributed by atoms with Crippen molar-refractivity contribution in [3.8, 4) is 0 Å². The van der Waals surface area contributed by atoms with Gasteiger partial charge in [-0.25, -0.2) is 9.78 Å². The van der Waals surface area contributed by atoms with Gasteiger partial charge in [-0.3, -0.25) is 4.79 Å². The fraction of sp³-hybridized carbons (Fsp3) is 0.458. The Labute approximate surface area is 176 Å². The van der Waals surface area contributed by atoms with Gasteiger partial charge in [0.15, 0.2) is 5.78 Å². The molecular weight excluding hydrogens is 386 g/mol. The Morgan fingerprint density at radius 2 is 1.52 bits per heavy atom. The van der Waals surface area contributed by atoms with Crippen LogP contribution in [0, 0.1) is 5.92 Å². The number of esters is 1. The number of benzene rings is 1. The third-order valence-electron chi connectivity index (χ3n) is 6.07. The van der Waals surface area contributed by atoms with Gasteiger partial charge in [0, 0.05) is 10.9 Å². The van der Waals surface area contributed by atoms with Gasteiger partial charge in [-0.1, -0.05) is 23.7 Å². The van der Waals surface area contributed by atoms with E-state index in [0.717, 1.165) is 49.1 Å². The number of nitrogens with zero attached hydrogens (tertiary/aromatic N) is 1. The molecule has 0 amide bonds. The van der Waals surface area contributed by atoms with Crippen LogP contribution in [0.25, 0.3) is 0 Å². The number of carbonyl (C=O) groups is 2. The molecule has 2 aliphatic carbocycles. The molecule has 0 atom stereocenters. The molecule has 0 spiro atoms. The van der Waals surface area contributed by atoms with Gasteiger partial charge in [-0.2, -0.15) is 0 Å². The average Bonchev–Trinajstić information content (AvgIpc) is 3.59. The summed E-state index contributed by atoms with van der Waals surface area (Å²) in [4.78, 5) is 29.8. The SMILES string of the molecule is CCOC(=O)c1cc(C2CC2)cc(C(=O)C2CCC(c3ccc(Cl)cc3)CC2)n1. The largest absolute Gasteiger partial charge is 0.461 e. The van der Waals surface area contributed by atoms with Crippen LogP contribution in [0.1, 0.15) is 89.4 Å². The van der Waals surface area contributed by atoms with E-state index in [9.17, 15) is 9.59 Å². The lowest BCUT2D eigenvalue weighted by Crippen LogP contribution is -2.23. The van der Waals surface area contributed by atoms with Crippen molar-refractivity contribution in [3.05, 3.63) is 63.9 Å². The molecule has 4 nitrogen and oxygen atoms in total. The Morgan fingerprint density at radius 3 is 2.14 bits per heavy atom. The van der Waals surface area contributed by atoms with Crippen molar-refractivity contribution in [2.45, 2.75) is 57.3 Å². The number of pyridine rings is 1. The van der Waals surface area contributed by atoms with E-state index in [2.05, 4.69) is 17.1 Å². The predicted octanol–water partition coefficient (Wildman–Crippen LogP) is 5.95. The smallest absolute Gasteiger partial charge is 0.356 e. The molecule has 4 rings (SSSR count). The minimum Gasteiger partial charge on any atom is -0.461 e. The lowest BCUT2D eigenvalue weighted by Gasteiger charge is -2.28. The molecule has 0 saturated heterocycles. The molecule has 1 aromatic heterocycles. The molecular formula is C24H26ClNO3. The van der Waals surface area contributed by atoms with E-state index in [1.807, 2.05) is 18.2 Å². The maximum Gasteiger partial charge on any atom is 0.356 e. The number of Topliss-reactive ketones (excluding diaryl/α,β-unsaturated/α-hetero) is 1. The van der Waals surface area contributed by atoms with Crippen LogP contribution in [-0.4, -0.2) is 23.3 Å². The Hall–Kier alpha value is -2.20. The molecule has 2 fully saturated rings. The van der Waals surface area contributed by atoms with Gasteiger partial charge in [0.05, 0.1) is 6.61 Å². The third kappa shape index (κ3) is 4.69. The first-order chi connectivity index (χ1) is 14.0. The molecule has 1 heterocycles. The van der Waals surface area contributed by atoms with Crippen LogP contribution in [0.5, 0.6) is 0 Å². The minimum absolute atomic E-state index is 0.0319. The fourth-order valence-corrected chi connectivity index (χ4v) is 4.40. The summed E-state index contributed by atoms with van der Waals surface area (Å²) in [5, 5.41) is 0.747. The number of hydrogen-bond acceptors (Lipinski definition) is 4. The number of ether oxygens (including phenoxy) is 1. The molecule has 0 bridgehead atoms. The van der Waals surface area contributed by atoms with Gasteiger partial charge in [-0.05, 0) is 92.7 Å². The van der Waals surface area contributed by atoms with Crippen LogP contribution < -0.4 is 0 Å². The van der Waals surface area contributed by atoms with Crippen molar-refractivity contribution in [3.63, 3.8) is 0 Å². The Kier molecular flexibility index (Phi) is 6.00. The van der Waals surface area contributed by atoms with Gasteiger partial charge in [0.1, 0.15) is 11.4 Å². The molecule has 5 heteroatoms. The highest BCUT2D eigenvalue weighted by molar-refractivity contribution is 6.30. The van der Waals surface area contributed by atoms with Gasteiger partial charge < -0.3 is 4.74 Å². The maximum absolute atomic E-state index is 13.2.